The zero-order chi connectivity index (χ0) is 13.9. The van der Waals surface area contributed by atoms with E-state index in [1.807, 2.05) is 6.92 Å². The summed E-state index contributed by atoms with van der Waals surface area (Å²) in [4.78, 5) is 8.55. The Morgan fingerprint density at radius 3 is 2.75 bits per heavy atom. The third-order valence-electron chi connectivity index (χ3n) is 2.57. The highest BCUT2D eigenvalue weighted by Crippen LogP contribution is 2.23. The van der Waals surface area contributed by atoms with Crippen molar-refractivity contribution in [2.24, 2.45) is 0 Å². The fraction of sp³-hybridized carbons (Fsp3) is 0.154. The van der Waals surface area contributed by atoms with Crippen LogP contribution < -0.4 is 0 Å². The summed E-state index contributed by atoms with van der Waals surface area (Å²) < 4.78 is 18.2. The summed E-state index contributed by atoms with van der Waals surface area (Å²) in [6.45, 7) is 1.85. The number of hydrogen-bond donors (Lipinski definition) is 1. The Kier molecular flexibility index (Phi) is 3.51. The number of H-pyrrole nitrogens is 1. The zero-order valence-electron chi connectivity index (χ0n) is 10.6. The number of aromatic nitrogens is 4. The number of aromatic amines is 1. The number of hydrogen-bond acceptors (Lipinski definition) is 5. The smallest absolute Gasteiger partial charge is 0.226 e. The molecule has 0 amide bonds. The molecule has 0 radical (unpaired) electrons. The molecule has 1 aromatic carbocycles. The highest BCUT2D eigenvalue weighted by Gasteiger charge is 2.08. The maximum absolute atomic E-state index is 12.8. The molecule has 102 valence electrons. The number of aryl methyl sites for hydroxylation is 1. The van der Waals surface area contributed by atoms with E-state index < -0.39 is 0 Å². The fourth-order valence-corrected chi connectivity index (χ4v) is 2.34. The predicted molar refractivity (Wildman–Crippen MR) is 72.6 cm³/mol. The van der Waals surface area contributed by atoms with Gasteiger partial charge in [0.05, 0.1) is 5.69 Å². The number of thioether (sulfide) groups is 1. The summed E-state index contributed by atoms with van der Waals surface area (Å²) in [5.41, 5.74) is 1.54. The van der Waals surface area contributed by atoms with E-state index in [9.17, 15) is 4.39 Å². The molecule has 20 heavy (non-hydrogen) atoms. The zero-order valence-corrected chi connectivity index (χ0v) is 11.4. The van der Waals surface area contributed by atoms with Gasteiger partial charge >= 0.3 is 0 Å². The lowest BCUT2D eigenvalue weighted by Gasteiger charge is -1.94. The van der Waals surface area contributed by atoms with E-state index in [2.05, 4.69) is 20.2 Å². The van der Waals surface area contributed by atoms with Gasteiger partial charge in [0.25, 0.3) is 0 Å². The Bertz CT molecular complexity index is 707. The summed E-state index contributed by atoms with van der Waals surface area (Å²) in [6, 6.07) is 6.03. The van der Waals surface area contributed by atoms with Gasteiger partial charge in [-0.1, -0.05) is 11.8 Å². The van der Waals surface area contributed by atoms with E-state index in [0.29, 0.717) is 16.8 Å². The third kappa shape index (κ3) is 2.88. The molecule has 3 rings (SSSR count). The number of nitrogens with one attached hydrogen (secondary N) is 1. The number of rotatable bonds is 4. The molecule has 0 atom stereocenters. The highest BCUT2D eigenvalue weighted by atomic mass is 32.2. The van der Waals surface area contributed by atoms with Crippen molar-refractivity contribution < 1.29 is 8.81 Å². The molecular weight excluding hydrogens is 279 g/mol. The number of benzene rings is 1. The Hall–Kier alpha value is -2.15. The second-order valence-electron chi connectivity index (χ2n) is 4.14. The number of nitrogens with zero attached hydrogens (tertiary/aromatic N) is 3. The molecule has 0 saturated heterocycles. The second kappa shape index (κ2) is 5.46. The third-order valence-corrected chi connectivity index (χ3v) is 3.45. The van der Waals surface area contributed by atoms with Crippen LogP contribution >= 0.6 is 11.8 Å². The van der Waals surface area contributed by atoms with Gasteiger partial charge in [-0.25, -0.2) is 14.4 Å². The Morgan fingerprint density at radius 1 is 1.25 bits per heavy atom. The summed E-state index contributed by atoms with van der Waals surface area (Å²) in [6.07, 6.45) is 1.59. The van der Waals surface area contributed by atoms with Gasteiger partial charge < -0.3 is 4.42 Å². The summed E-state index contributed by atoms with van der Waals surface area (Å²) in [5.74, 6) is 1.59. The van der Waals surface area contributed by atoms with Gasteiger partial charge in [-0.3, -0.25) is 5.10 Å². The molecule has 1 N–H and O–H groups in total. The molecule has 7 heteroatoms. The molecule has 0 aliphatic carbocycles. The van der Waals surface area contributed by atoms with Crippen LogP contribution in [0.3, 0.4) is 0 Å². The predicted octanol–water partition coefficient (Wildman–Crippen LogP) is 3.20. The molecule has 2 heterocycles. The molecular formula is C13H11FN4OS. The molecule has 0 aliphatic heterocycles. The minimum Gasteiger partial charge on any atom is -0.444 e. The SMILES string of the molecule is Cc1nc(SCc2coc(-c3ccc(F)cc3)n2)n[nH]1. The molecule has 3 aromatic rings. The topological polar surface area (TPSA) is 67.6 Å². The first-order valence-electron chi connectivity index (χ1n) is 5.93. The first-order chi connectivity index (χ1) is 9.70. The van der Waals surface area contributed by atoms with E-state index in [1.54, 1.807) is 18.4 Å². The van der Waals surface area contributed by atoms with Crippen LogP contribution in [0.1, 0.15) is 11.5 Å². The van der Waals surface area contributed by atoms with Crippen molar-refractivity contribution in [3.05, 3.63) is 47.9 Å². The van der Waals surface area contributed by atoms with Crippen molar-refractivity contribution in [1.29, 1.82) is 0 Å². The van der Waals surface area contributed by atoms with E-state index in [0.717, 1.165) is 17.1 Å². The lowest BCUT2D eigenvalue weighted by atomic mass is 10.2. The minimum atomic E-state index is -0.281. The Balaban J connectivity index is 1.69. The fourth-order valence-electron chi connectivity index (χ4n) is 1.62. The van der Waals surface area contributed by atoms with Crippen LogP contribution in [-0.4, -0.2) is 20.2 Å². The van der Waals surface area contributed by atoms with E-state index in [4.69, 9.17) is 4.42 Å². The second-order valence-corrected chi connectivity index (χ2v) is 5.09. The molecule has 0 saturated carbocycles. The van der Waals surface area contributed by atoms with Crippen molar-refractivity contribution >= 4 is 11.8 Å². The number of halogens is 1. The molecule has 0 spiro atoms. The summed E-state index contributed by atoms with van der Waals surface area (Å²) >= 11 is 1.47. The van der Waals surface area contributed by atoms with Crippen molar-refractivity contribution in [3.8, 4) is 11.5 Å². The van der Waals surface area contributed by atoms with Gasteiger partial charge in [0.2, 0.25) is 11.0 Å². The van der Waals surface area contributed by atoms with Crippen LogP contribution in [0.2, 0.25) is 0 Å². The Morgan fingerprint density at radius 2 is 2.05 bits per heavy atom. The van der Waals surface area contributed by atoms with Gasteiger partial charge in [-0.15, -0.1) is 5.10 Å². The quantitative estimate of drug-likeness (QED) is 0.747. The van der Waals surface area contributed by atoms with Gasteiger partial charge in [-0.2, -0.15) is 0 Å². The average molecular weight is 290 g/mol. The minimum absolute atomic E-state index is 0.281. The van der Waals surface area contributed by atoms with Crippen molar-refractivity contribution in [1.82, 2.24) is 20.2 Å². The molecule has 2 aromatic heterocycles. The van der Waals surface area contributed by atoms with Crippen LogP contribution in [0.5, 0.6) is 0 Å². The van der Waals surface area contributed by atoms with E-state index in [1.165, 1.54) is 23.9 Å². The standard InChI is InChI=1S/C13H11FN4OS/c1-8-15-13(18-17-8)20-7-11-6-19-12(16-11)9-2-4-10(14)5-3-9/h2-6H,7H2,1H3,(H,15,17,18). The lowest BCUT2D eigenvalue weighted by Crippen LogP contribution is -1.84. The first kappa shape index (κ1) is 12.9. The molecule has 0 bridgehead atoms. The first-order valence-corrected chi connectivity index (χ1v) is 6.91. The van der Waals surface area contributed by atoms with Crippen LogP contribution in [0.15, 0.2) is 40.1 Å². The molecule has 5 nitrogen and oxygen atoms in total. The molecule has 0 aliphatic rings. The number of oxazole rings is 1. The Labute approximate surface area is 118 Å². The van der Waals surface area contributed by atoms with Crippen LogP contribution in [0, 0.1) is 12.7 Å². The normalized spacial score (nSPS) is 10.9. The van der Waals surface area contributed by atoms with Crippen molar-refractivity contribution in [2.75, 3.05) is 0 Å². The largest absolute Gasteiger partial charge is 0.444 e. The maximum Gasteiger partial charge on any atom is 0.226 e. The molecule has 0 fully saturated rings. The van der Waals surface area contributed by atoms with Crippen LogP contribution in [0.4, 0.5) is 4.39 Å². The van der Waals surface area contributed by atoms with Gasteiger partial charge in [-0.05, 0) is 31.2 Å². The van der Waals surface area contributed by atoms with E-state index >= 15 is 0 Å². The van der Waals surface area contributed by atoms with Gasteiger partial charge in [0, 0.05) is 11.3 Å². The lowest BCUT2D eigenvalue weighted by molar-refractivity contribution is 0.573. The van der Waals surface area contributed by atoms with E-state index in [-0.39, 0.29) is 5.82 Å². The maximum atomic E-state index is 12.8. The summed E-state index contributed by atoms with van der Waals surface area (Å²) in [5, 5.41) is 7.49. The van der Waals surface area contributed by atoms with Crippen molar-refractivity contribution in [3.63, 3.8) is 0 Å². The van der Waals surface area contributed by atoms with Gasteiger partial charge in [0.1, 0.15) is 17.9 Å². The van der Waals surface area contributed by atoms with Gasteiger partial charge in [0.15, 0.2) is 0 Å². The highest BCUT2D eigenvalue weighted by molar-refractivity contribution is 7.98. The molecule has 0 unspecified atom stereocenters. The average Bonchev–Trinajstić information content (AvgIpc) is 3.06. The monoisotopic (exact) mass is 290 g/mol. The van der Waals surface area contributed by atoms with Crippen LogP contribution in [0.25, 0.3) is 11.5 Å². The van der Waals surface area contributed by atoms with Crippen molar-refractivity contribution in [2.45, 2.75) is 17.8 Å². The van der Waals surface area contributed by atoms with Crippen LogP contribution in [-0.2, 0) is 5.75 Å². The summed E-state index contributed by atoms with van der Waals surface area (Å²) in [7, 11) is 0.